The molecule has 0 saturated carbocycles. The molecule has 0 bridgehead atoms. The van der Waals surface area contributed by atoms with Gasteiger partial charge in [-0.1, -0.05) is 11.6 Å². The van der Waals surface area contributed by atoms with Crippen molar-refractivity contribution in [2.75, 3.05) is 0 Å². The second-order valence-corrected chi connectivity index (χ2v) is 8.91. The molecule has 4 rings (SSSR count). The van der Waals surface area contributed by atoms with E-state index in [0.29, 0.717) is 17.0 Å². The van der Waals surface area contributed by atoms with E-state index < -0.39 is 10.0 Å². The second-order valence-electron chi connectivity index (χ2n) is 6.82. The van der Waals surface area contributed by atoms with E-state index in [1.165, 1.54) is 5.56 Å². The largest absolute Gasteiger partial charge is 0.261 e. The third-order valence-electron chi connectivity index (χ3n) is 4.96. The van der Waals surface area contributed by atoms with E-state index >= 15 is 0 Å². The maximum atomic E-state index is 12.9. The van der Waals surface area contributed by atoms with Gasteiger partial charge in [0.2, 0.25) is 10.0 Å². The highest BCUT2D eigenvalue weighted by Crippen LogP contribution is 2.28. The van der Waals surface area contributed by atoms with Gasteiger partial charge >= 0.3 is 0 Å². The van der Waals surface area contributed by atoms with Crippen molar-refractivity contribution < 1.29 is 8.42 Å². The fourth-order valence-corrected chi connectivity index (χ4v) is 5.38. The van der Waals surface area contributed by atoms with Gasteiger partial charge in [0.1, 0.15) is 0 Å². The molecule has 2 heterocycles. The van der Waals surface area contributed by atoms with Gasteiger partial charge in [-0.2, -0.15) is 5.10 Å². The molecule has 1 aliphatic rings. The predicted molar refractivity (Wildman–Crippen MR) is 101 cm³/mol. The van der Waals surface area contributed by atoms with Crippen molar-refractivity contribution in [3.05, 3.63) is 51.8 Å². The Kier molecular flexibility index (Phi) is 4.25. The van der Waals surface area contributed by atoms with Crippen molar-refractivity contribution in [3.8, 4) is 0 Å². The van der Waals surface area contributed by atoms with Crippen LogP contribution in [0.3, 0.4) is 0 Å². The van der Waals surface area contributed by atoms with E-state index in [2.05, 4.69) is 19.9 Å². The average Bonchev–Trinajstić information content (AvgIpc) is 3.06. The van der Waals surface area contributed by atoms with Crippen LogP contribution in [-0.2, 0) is 22.9 Å². The molecule has 2 N–H and O–H groups in total. The lowest BCUT2D eigenvalue weighted by Gasteiger charge is -2.26. The first-order valence-corrected chi connectivity index (χ1v) is 10.3. The molecule has 2 aromatic heterocycles. The number of nitrogens with one attached hydrogen (secondary N) is 2. The van der Waals surface area contributed by atoms with E-state index in [0.717, 1.165) is 35.0 Å². The molecule has 0 amide bonds. The van der Waals surface area contributed by atoms with Crippen LogP contribution in [-0.4, -0.2) is 29.6 Å². The third-order valence-corrected chi connectivity index (χ3v) is 7.03. The first-order valence-electron chi connectivity index (χ1n) is 8.44. The molecule has 1 atom stereocenters. The average molecular weight is 391 g/mol. The first-order chi connectivity index (χ1) is 12.3. The molecule has 6 nitrogen and oxygen atoms in total. The number of hydrogen-bond donors (Lipinski definition) is 2. The summed E-state index contributed by atoms with van der Waals surface area (Å²) in [5.41, 5.74) is 4.44. The number of rotatable bonds is 3. The summed E-state index contributed by atoms with van der Waals surface area (Å²) >= 11 is 6.09. The highest BCUT2D eigenvalue weighted by atomic mass is 35.5. The van der Waals surface area contributed by atoms with Crippen LogP contribution in [0, 0.1) is 13.8 Å². The zero-order chi connectivity index (χ0) is 18.5. The fraction of sp³-hybridized carbons (Fsp3) is 0.333. The summed E-state index contributed by atoms with van der Waals surface area (Å²) in [6.07, 6.45) is 5.75. The Morgan fingerprint density at radius 2 is 2.04 bits per heavy atom. The summed E-state index contributed by atoms with van der Waals surface area (Å²) in [6, 6.07) is 3.17. The molecule has 1 unspecified atom stereocenters. The summed E-state index contributed by atoms with van der Waals surface area (Å²) in [6.45, 7) is 3.56. The summed E-state index contributed by atoms with van der Waals surface area (Å²) in [4.78, 5) is 4.65. The van der Waals surface area contributed by atoms with E-state index in [9.17, 15) is 8.42 Å². The lowest BCUT2D eigenvalue weighted by molar-refractivity contribution is 0.508. The number of benzene rings is 1. The van der Waals surface area contributed by atoms with Crippen LogP contribution in [0.15, 0.2) is 29.4 Å². The third kappa shape index (κ3) is 3.00. The smallest absolute Gasteiger partial charge is 0.241 e. The van der Waals surface area contributed by atoms with E-state index in [1.54, 1.807) is 32.2 Å². The lowest BCUT2D eigenvalue weighted by Crippen LogP contribution is -2.39. The maximum absolute atomic E-state index is 12.9. The number of pyridine rings is 1. The van der Waals surface area contributed by atoms with Gasteiger partial charge in [-0.15, -0.1) is 0 Å². The van der Waals surface area contributed by atoms with E-state index in [4.69, 9.17) is 11.6 Å². The highest BCUT2D eigenvalue weighted by Gasteiger charge is 2.27. The van der Waals surface area contributed by atoms with Gasteiger partial charge in [0.15, 0.2) is 5.65 Å². The number of aromatic amines is 1. The Morgan fingerprint density at radius 1 is 1.23 bits per heavy atom. The van der Waals surface area contributed by atoms with Crippen molar-refractivity contribution in [1.29, 1.82) is 0 Å². The van der Waals surface area contributed by atoms with Crippen molar-refractivity contribution in [2.45, 2.75) is 44.0 Å². The molecule has 3 aromatic rings. The Bertz CT molecular complexity index is 1110. The molecule has 136 valence electrons. The number of aryl methyl sites for hydroxylation is 3. The van der Waals surface area contributed by atoms with Crippen molar-refractivity contribution in [3.63, 3.8) is 0 Å². The molecule has 0 spiro atoms. The Balaban J connectivity index is 1.61. The van der Waals surface area contributed by atoms with E-state index in [-0.39, 0.29) is 10.9 Å². The Labute approximate surface area is 157 Å². The van der Waals surface area contributed by atoms with Gasteiger partial charge in [-0.3, -0.25) is 5.10 Å². The van der Waals surface area contributed by atoms with Gasteiger partial charge in [-0.05, 0) is 67.5 Å². The second kappa shape index (κ2) is 6.33. The van der Waals surface area contributed by atoms with Gasteiger partial charge in [0.25, 0.3) is 0 Å². The minimum atomic E-state index is -3.61. The molecule has 0 fully saturated rings. The minimum Gasteiger partial charge on any atom is -0.261 e. The molecule has 1 aliphatic carbocycles. The molecule has 8 heteroatoms. The molecule has 1 aromatic carbocycles. The number of fused-ring (bicyclic) bond motifs is 3. The van der Waals surface area contributed by atoms with Gasteiger partial charge in [-0.25, -0.2) is 18.1 Å². The molecule has 0 saturated heterocycles. The number of aromatic nitrogens is 3. The lowest BCUT2D eigenvalue weighted by atomic mass is 9.88. The van der Waals surface area contributed by atoms with Crippen LogP contribution in [0.25, 0.3) is 11.0 Å². The molecular weight excluding hydrogens is 372 g/mol. The summed E-state index contributed by atoms with van der Waals surface area (Å²) < 4.78 is 28.6. The molecule has 0 radical (unpaired) electrons. The van der Waals surface area contributed by atoms with Crippen LogP contribution >= 0.6 is 11.6 Å². The van der Waals surface area contributed by atoms with Crippen molar-refractivity contribution in [2.24, 2.45) is 0 Å². The van der Waals surface area contributed by atoms with Crippen LogP contribution in [0.5, 0.6) is 0 Å². The number of halogens is 1. The summed E-state index contributed by atoms with van der Waals surface area (Å²) in [5.74, 6) is 0. The van der Waals surface area contributed by atoms with Crippen molar-refractivity contribution in [1.82, 2.24) is 19.9 Å². The zero-order valence-corrected chi connectivity index (χ0v) is 16.1. The van der Waals surface area contributed by atoms with E-state index in [1.807, 2.05) is 6.20 Å². The standard InChI is InChI=1S/C18H19ClN4O2S/c1-10-6-17(11(2)5-16(10)19)26(24,25)23-13-3-4-14-12(7-13)8-20-18-15(14)9-21-22-18/h5-6,8-9,13,23H,3-4,7H2,1-2H3,(H,20,21,22). The summed E-state index contributed by atoms with van der Waals surface area (Å²) in [7, 11) is -3.61. The van der Waals surface area contributed by atoms with Gasteiger partial charge < -0.3 is 0 Å². The maximum Gasteiger partial charge on any atom is 0.241 e. The van der Waals surface area contributed by atoms with Gasteiger partial charge in [0.05, 0.1) is 11.1 Å². The quantitative estimate of drug-likeness (QED) is 0.719. The van der Waals surface area contributed by atoms with Crippen LogP contribution in [0.4, 0.5) is 0 Å². The number of sulfonamides is 1. The Hall–Kier alpha value is -1.96. The van der Waals surface area contributed by atoms with Crippen molar-refractivity contribution >= 4 is 32.7 Å². The first kappa shape index (κ1) is 17.5. The minimum absolute atomic E-state index is 0.158. The molecular formula is C18H19ClN4O2S. The number of hydrogen-bond acceptors (Lipinski definition) is 4. The highest BCUT2D eigenvalue weighted by molar-refractivity contribution is 7.89. The zero-order valence-electron chi connectivity index (χ0n) is 14.5. The summed E-state index contributed by atoms with van der Waals surface area (Å²) in [5, 5.41) is 8.51. The van der Waals surface area contributed by atoms with Crippen LogP contribution < -0.4 is 4.72 Å². The molecule has 0 aliphatic heterocycles. The number of H-pyrrole nitrogens is 1. The van der Waals surface area contributed by atoms with Crippen LogP contribution in [0.2, 0.25) is 5.02 Å². The normalized spacial score (nSPS) is 17.4. The van der Waals surface area contributed by atoms with Crippen LogP contribution in [0.1, 0.15) is 28.7 Å². The topological polar surface area (TPSA) is 87.7 Å². The molecule has 26 heavy (non-hydrogen) atoms. The fourth-order valence-electron chi connectivity index (χ4n) is 3.58. The monoisotopic (exact) mass is 390 g/mol. The SMILES string of the molecule is Cc1cc(S(=O)(=O)NC2CCc3c(cnc4[nH]ncc34)C2)c(C)cc1Cl. The predicted octanol–water partition coefficient (Wildman–Crippen LogP) is 3.06. The van der Waals surface area contributed by atoms with Gasteiger partial charge in [0, 0.05) is 22.6 Å². The Morgan fingerprint density at radius 3 is 2.85 bits per heavy atom. The number of nitrogens with zero attached hydrogens (tertiary/aromatic N) is 2.